The quantitative estimate of drug-likeness (QED) is 0.279. The van der Waals surface area contributed by atoms with E-state index >= 15 is 0 Å². The van der Waals surface area contributed by atoms with Gasteiger partial charge in [-0.15, -0.1) is 0 Å². The fourth-order valence-electron chi connectivity index (χ4n) is 2.20. The molecule has 22 heavy (non-hydrogen) atoms. The Labute approximate surface area is 137 Å². The lowest BCUT2D eigenvalue weighted by molar-refractivity contribution is -0.137. The Balaban J connectivity index is 3.19. The molecule has 2 heteroatoms. The smallest absolute Gasteiger partial charge is 0.303 e. The molecule has 0 bridgehead atoms. The van der Waals surface area contributed by atoms with Crippen LogP contribution in [-0.4, -0.2) is 11.1 Å². The second kappa shape index (κ2) is 17.7. The maximum Gasteiger partial charge on any atom is 0.303 e. The first-order valence-corrected chi connectivity index (χ1v) is 8.94. The Morgan fingerprint density at radius 1 is 0.682 bits per heavy atom. The van der Waals surface area contributed by atoms with Crippen molar-refractivity contribution < 1.29 is 9.90 Å². The fraction of sp³-hybridized carbons (Fsp3) is 0.650. The molecule has 0 aliphatic rings. The summed E-state index contributed by atoms with van der Waals surface area (Å²) in [6, 6.07) is 0. The van der Waals surface area contributed by atoms with Crippen LogP contribution >= 0.6 is 0 Å². The Bertz CT molecular complexity index is 327. The number of carboxylic acids is 1. The van der Waals surface area contributed by atoms with Crippen molar-refractivity contribution in [3.05, 3.63) is 36.5 Å². The van der Waals surface area contributed by atoms with Crippen LogP contribution in [-0.2, 0) is 4.79 Å². The summed E-state index contributed by atoms with van der Waals surface area (Å²) >= 11 is 0. The summed E-state index contributed by atoms with van der Waals surface area (Å²) in [6.07, 6.45) is 26.4. The highest BCUT2D eigenvalue weighted by Gasteiger charge is 1.93. The molecular formula is C20H34O2. The number of hydrogen-bond acceptors (Lipinski definition) is 1. The third-order valence-electron chi connectivity index (χ3n) is 3.49. The molecule has 0 heterocycles. The van der Waals surface area contributed by atoms with Crippen molar-refractivity contribution in [1.82, 2.24) is 0 Å². The van der Waals surface area contributed by atoms with Crippen LogP contribution in [0.15, 0.2) is 36.5 Å². The van der Waals surface area contributed by atoms with Crippen LogP contribution in [0.5, 0.6) is 0 Å². The summed E-state index contributed by atoms with van der Waals surface area (Å²) in [6.45, 7) is 2.17. The first-order valence-electron chi connectivity index (χ1n) is 8.94. The van der Waals surface area contributed by atoms with E-state index in [9.17, 15) is 4.79 Å². The number of allylic oxidation sites excluding steroid dienone is 6. The molecule has 0 aliphatic heterocycles. The van der Waals surface area contributed by atoms with Crippen molar-refractivity contribution in [3.8, 4) is 0 Å². The Morgan fingerprint density at radius 2 is 1.14 bits per heavy atom. The van der Waals surface area contributed by atoms with E-state index in [1.807, 2.05) is 0 Å². The number of carbonyl (C=O) groups is 1. The van der Waals surface area contributed by atoms with E-state index in [1.54, 1.807) is 0 Å². The van der Waals surface area contributed by atoms with Gasteiger partial charge in [-0.3, -0.25) is 4.79 Å². The van der Waals surface area contributed by atoms with E-state index in [2.05, 4.69) is 43.4 Å². The molecule has 0 atom stereocenters. The molecule has 0 saturated heterocycles. The number of hydrogen-bond donors (Lipinski definition) is 1. The first kappa shape index (κ1) is 20.7. The van der Waals surface area contributed by atoms with Crippen LogP contribution in [0.2, 0.25) is 0 Å². The monoisotopic (exact) mass is 306 g/mol. The van der Waals surface area contributed by atoms with Gasteiger partial charge >= 0.3 is 5.97 Å². The molecule has 0 saturated carbocycles. The molecule has 0 spiro atoms. The van der Waals surface area contributed by atoms with Gasteiger partial charge in [0.05, 0.1) is 0 Å². The largest absolute Gasteiger partial charge is 0.481 e. The lowest BCUT2D eigenvalue weighted by Gasteiger charge is -1.97. The van der Waals surface area contributed by atoms with E-state index in [0.29, 0.717) is 0 Å². The van der Waals surface area contributed by atoms with Crippen LogP contribution in [0.3, 0.4) is 0 Å². The Hall–Kier alpha value is -1.31. The zero-order valence-electron chi connectivity index (χ0n) is 14.3. The second-order valence-corrected chi connectivity index (χ2v) is 5.68. The predicted molar refractivity (Wildman–Crippen MR) is 96.1 cm³/mol. The second-order valence-electron chi connectivity index (χ2n) is 5.68. The number of aliphatic carboxylic acids is 1. The highest BCUT2D eigenvalue weighted by Crippen LogP contribution is 2.07. The van der Waals surface area contributed by atoms with Gasteiger partial charge in [-0.2, -0.15) is 0 Å². The molecule has 0 amide bonds. The number of carboxylic acid groups (broad SMARTS) is 1. The summed E-state index contributed by atoms with van der Waals surface area (Å²) in [5.41, 5.74) is 0. The zero-order valence-corrected chi connectivity index (χ0v) is 14.3. The topological polar surface area (TPSA) is 37.3 Å². The predicted octanol–water partition coefficient (Wildman–Crippen LogP) is 6.44. The van der Waals surface area contributed by atoms with Crippen LogP contribution in [0.1, 0.15) is 84.0 Å². The molecule has 1 N–H and O–H groups in total. The fourth-order valence-corrected chi connectivity index (χ4v) is 2.20. The number of unbranched alkanes of at least 4 members (excludes halogenated alkanes) is 7. The molecule has 0 aromatic carbocycles. The van der Waals surface area contributed by atoms with Crippen LogP contribution in [0.4, 0.5) is 0 Å². The zero-order chi connectivity index (χ0) is 16.3. The van der Waals surface area contributed by atoms with Crippen LogP contribution in [0.25, 0.3) is 0 Å². The van der Waals surface area contributed by atoms with Gasteiger partial charge < -0.3 is 5.11 Å². The number of rotatable bonds is 15. The van der Waals surface area contributed by atoms with E-state index in [1.165, 1.54) is 44.9 Å². The third-order valence-corrected chi connectivity index (χ3v) is 3.49. The minimum absolute atomic E-state index is 0.284. The lowest BCUT2D eigenvalue weighted by Crippen LogP contribution is -1.92. The maximum atomic E-state index is 10.3. The maximum absolute atomic E-state index is 10.3. The summed E-state index contributed by atoms with van der Waals surface area (Å²) in [4.78, 5) is 10.3. The summed E-state index contributed by atoms with van der Waals surface area (Å²) in [7, 11) is 0. The average molecular weight is 306 g/mol. The summed E-state index contributed by atoms with van der Waals surface area (Å²) < 4.78 is 0. The molecule has 0 radical (unpaired) electrons. The minimum atomic E-state index is -0.695. The van der Waals surface area contributed by atoms with Gasteiger partial charge in [-0.25, -0.2) is 0 Å². The van der Waals surface area contributed by atoms with Gasteiger partial charge in [0.2, 0.25) is 0 Å². The molecule has 0 rings (SSSR count). The van der Waals surface area contributed by atoms with E-state index < -0.39 is 5.97 Å². The SMILES string of the molecule is CCC=CCCC=CCCCCCCC=CCCCC(=O)O. The van der Waals surface area contributed by atoms with E-state index in [-0.39, 0.29) is 6.42 Å². The van der Waals surface area contributed by atoms with Crippen molar-refractivity contribution >= 4 is 5.97 Å². The van der Waals surface area contributed by atoms with Gasteiger partial charge in [0.1, 0.15) is 0 Å². The molecule has 0 fully saturated rings. The van der Waals surface area contributed by atoms with Gasteiger partial charge in [0.25, 0.3) is 0 Å². The molecule has 0 unspecified atom stereocenters. The third kappa shape index (κ3) is 18.7. The van der Waals surface area contributed by atoms with Crippen molar-refractivity contribution in [1.29, 1.82) is 0 Å². The molecule has 0 aliphatic carbocycles. The minimum Gasteiger partial charge on any atom is -0.481 e. The highest BCUT2D eigenvalue weighted by atomic mass is 16.4. The molecule has 0 aromatic heterocycles. The standard InChI is InChI=1S/C20H34O2/c1-2-3-4-5-6-7-8-9-10-11-12-13-14-15-16-17-18-19-20(21)22/h3-4,7-8,15-16H,2,5-6,9-14,17-19H2,1H3,(H,21,22). The Morgan fingerprint density at radius 3 is 1.64 bits per heavy atom. The molecule has 126 valence electrons. The van der Waals surface area contributed by atoms with Crippen molar-refractivity contribution in [2.24, 2.45) is 0 Å². The highest BCUT2D eigenvalue weighted by molar-refractivity contribution is 5.66. The van der Waals surface area contributed by atoms with Gasteiger partial charge in [0, 0.05) is 6.42 Å². The van der Waals surface area contributed by atoms with Crippen molar-refractivity contribution in [2.75, 3.05) is 0 Å². The molecule has 2 nitrogen and oxygen atoms in total. The van der Waals surface area contributed by atoms with Gasteiger partial charge in [-0.1, -0.05) is 56.2 Å². The Kier molecular flexibility index (Phi) is 16.7. The molecular weight excluding hydrogens is 272 g/mol. The average Bonchev–Trinajstić information content (AvgIpc) is 2.50. The lowest BCUT2D eigenvalue weighted by atomic mass is 10.1. The summed E-state index contributed by atoms with van der Waals surface area (Å²) in [5, 5.41) is 8.51. The van der Waals surface area contributed by atoms with Crippen molar-refractivity contribution in [3.63, 3.8) is 0 Å². The summed E-state index contributed by atoms with van der Waals surface area (Å²) in [5.74, 6) is -0.695. The van der Waals surface area contributed by atoms with Gasteiger partial charge in [-0.05, 0) is 57.8 Å². The normalized spacial score (nSPS) is 12.0. The first-order chi connectivity index (χ1) is 10.8. The van der Waals surface area contributed by atoms with Crippen molar-refractivity contribution in [2.45, 2.75) is 84.0 Å². The van der Waals surface area contributed by atoms with Crippen LogP contribution in [0, 0.1) is 0 Å². The molecule has 0 aromatic rings. The van der Waals surface area contributed by atoms with Gasteiger partial charge in [0.15, 0.2) is 0 Å². The van der Waals surface area contributed by atoms with E-state index in [0.717, 1.165) is 25.7 Å². The van der Waals surface area contributed by atoms with E-state index in [4.69, 9.17) is 5.11 Å². The van der Waals surface area contributed by atoms with Crippen LogP contribution < -0.4 is 0 Å².